The lowest BCUT2D eigenvalue weighted by Crippen LogP contribution is -2.22. The third-order valence-electron chi connectivity index (χ3n) is 4.76. The molecule has 4 heterocycles. The molecule has 0 atom stereocenters. The summed E-state index contributed by atoms with van der Waals surface area (Å²) in [5.41, 5.74) is 4.36. The van der Waals surface area contributed by atoms with E-state index in [1.165, 1.54) is 0 Å². The van der Waals surface area contributed by atoms with Crippen LogP contribution in [0.25, 0.3) is 33.5 Å². The predicted molar refractivity (Wildman–Crippen MR) is 126 cm³/mol. The lowest BCUT2D eigenvalue weighted by molar-refractivity contribution is 0.0818. The summed E-state index contributed by atoms with van der Waals surface area (Å²) >= 11 is 3.46. The smallest absolute Gasteiger partial charge is 0.140 e. The lowest BCUT2D eigenvalue weighted by Gasteiger charge is -2.15. The van der Waals surface area contributed by atoms with E-state index < -0.39 is 8.07 Å². The Morgan fingerprint density at radius 2 is 1.93 bits per heavy atom. The number of hydrogen-bond acceptors (Lipinski definition) is 5. The fourth-order valence-electron chi connectivity index (χ4n) is 3.10. The van der Waals surface area contributed by atoms with Gasteiger partial charge in [0.15, 0.2) is 0 Å². The molecule has 0 fully saturated rings. The molecule has 0 radical (unpaired) electrons. The molecule has 4 aromatic rings. The molecule has 0 amide bonds. The van der Waals surface area contributed by atoms with Crippen molar-refractivity contribution in [3.8, 4) is 22.6 Å². The second-order valence-electron chi connectivity index (χ2n) is 8.37. The fraction of sp³-hybridized carbons (Fsp3) is 0.273. The molecule has 0 aliphatic rings. The molecule has 30 heavy (non-hydrogen) atoms. The molecule has 0 aromatic carbocycles. The molecule has 4 rings (SSSR count). The summed E-state index contributed by atoms with van der Waals surface area (Å²) < 4.78 is 8.61. The zero-order valence-corrected chi connectivity index (χ0v) is 19.9. The number of aromatic nitrogens is 5. The summed E-state index contributed by atoms with van der Waals surface area (Å²) in [6.45, 7) is 8.17. The monoisotopic (exact) mass is 481 g/mol. The molecule has 0 spiro atoms. The van der Waals surface area contributed by atoms with Crippen LogP contribution in [-0.4, -0.2) is 39.4 Å². The number of halogens is 1. The molecule has 0 aliphatic carbocycles. The summed E-state index contributed by atoms with van der Waals surface area (Å²) in [6.07, 6.45) is 5.43. The van der Waals surface area contributed by atoms with Crippen molar-refractivity contribution < 1.29 is 4.74 Å². The van der Waals surface area contributed by atoms with E-state index in [1.54, 1.807) is 6.20 Å². The van der Waals surface area contributed by atoms with Crippen LogP contribution in [0.1, 0.15) is 0 Å². The molecule has 154 valence electrons. The van der Waals surface area contributed by atoms with Gasteiger partial charge in [-0.25, -0.2) is 9.67 Å². The summed E-state index contributed by atoms with van der Waals surface area (Å²) in [5, 5.41) is 5.82. The molecule has 0 bridgehead atoms. The van der Waals surface area contributed by atoms with Crippen molar-refractivity contribution in [3.05, 3.63) is 59.6 Å². The maximum absolute atomic E-state index is 5.96. The van der Waals surface area contributed by atoms with E-state index in [2.05, 4.69) is 56.6 Å². The fourth-order valence-corrected chi connectivity index (χ4v) is 4.20. The Hall–Kier alpha value is -2.42. The molecule has 6 nitrogen and oxygen atoms in total. The SMILES string of the molecule is C[Si](C)(C)CCOCn1nc(-c2cccc(Br)n2)c2cc(-c3cccnc3)ncc21. The number of nitrogens with zero attached hydrogens (tertiary/aromatic N) is 5. The average Bonchev–Trinajstić information content (AvgIpc) is 3.09. The van der Waals surface area contributed by atoms with Gasteiger partial charge in [0.05, 0.1) is 23.1 Å². The van der Waals surface area contributed by atoms with Crippen LogP contribution >= 0.6 is 15.9 Å². The Morgan fingerprint density at radius 3 is 2.67 bits per heavy atom. The second-order valence-corrected chi connectivity index (χ2v) is 14.8. The highest BCUT2D eigenvalue weighted by molar-refractivity contribution is 9.10. The molecule has 4 aromatic heterocycles. The molecule has 0 saturated carbocycles. The minimum absolute atomic E-state index is 0.392. The van der Waals surface area contributed by atoms with Crippen LogP contribution in [0.15, 0.2) is 59.6 Å². The van der Waals surface area contributed by atoms with Crippen molar-refractivity contribution in [1.29, 1.82) is 0 Å². The highest BCUT2D eigenvalue weighted by Crippen LogP contribution is 2.30. The van der Waals surface area contributed by atoms with Crippen LogP contribution in [0.4, 0.5) is 0 Å². The number of hydrogen-bond donors (Lipinski definition) is 0. The molecule has 0 N–H and O–H groups in total. The third-order valence-corrected chi connectivity index (χ3v) is 6.91. The molecule has 0 unspecified atom stereocenters. The van der Waals surface area contributed by atoms with E-state index in [4.69, 9.17) is 9.84 Å². The van der Waals surface area contributed by atoms with E-state index in [1.807, 2.05) is 47.4 Å². The van der Waals surface area contributed by atoms with Crippen LogP contribution in [0.5, 0.6) is 0 Å². The summed E-state index contributed by atoms with van der Waals surface area (Å²) in [4.78, 5) is 13.5. The van der Waals surface area contributed by atoms with Gasteiger partial charge < -0.3 is 4.74 Å². The van der Waals surface area contributed by atoms with Crippen molar-refractivity contribution in [2.45, 2.75) is 32.4 Å². The van der Waals surface area contributed by atoms with Crippen molar-refractivity contribution in [2.24, 2.45) is 0 Å². The number of fused-ring (bicyclic) bond motifs is 1. The number of rotatable bonds is 7. The van der Waals surface area contributed by atoms with Crippen molar-refractivity contribution >= 4 is 34.9 Å². The van der Waals surface area contributed by atoms with Gasteiger partial charge in [-0.2, -0.15) is 5.10 Å². The first kappa shape index (κ1) is 20.8. The molecular weight excluding hydrogens is 458 g/mol. The van der Waals surface area contributed by atoms with Crippen LogP contribution in [0.2, 0.25) is 25.7 Å². The van der Waals surface area contributed by atoms with E-state index in [9.17, 15) is 0 Å². The Balaban J connectivity index is 1.73. The van der Waals surface area contributed by atoms with E-state index in [0.29, 0.717) is 6.73 Å². The van der Waals surface area contributed by atoms with Gasteiger partial charge in [0, 0.05) is 38.0 Å². The first-order chi connectivity index (χ1) is 14.4. The van der Waals surface area contributed by atoms with Crippen LogP contribution in [0.3, 0.4) is 0 Å². The normalized spacial score (nSPS) is 11.9. The Morgan fingerprint density at radius 1 is 1.07 bits per heavy atom. The third kappa shape index (κ3) is 4.83. The van der Waals surface area contributed by atoms with Gasteiger partial charge in [-0.15, -0.1) is 0 Å². The quantitative estimate of drug-likeness (QED) is 0.194. The first-order valence-corrected chi connectivity index (χ1v) is 14.4. The van der Waals surface area contributed by atoms with Gasteiger partial charge in [0.2, 0.25) is 0 Å². The predicted octanol–water partition coefficient (Wildman–Crippen LogP) is 5.63. The van der Waals surface area contributed by atoms with Gasteiger partial charge in [-0.05, 0) is 52.3 Å². The van der Waals surface area contributed by atoms with Crippen LogP contribution in [0, 0.1) is 0 Å². The minimum atomic E-state index is -1.14. The summed E-state index contributed by atoms with van der Waals surface area (Å²) in [7, 11) is -1.14. The standard InChI is InChI=1S/C22H24BrN5OSi/c1-30(2,3)11-10-29-15-28-20-14-25-19(16-6-5-9-24-13-16)12-17(20)22(27-28)18-7-4-8-21(23)26-18/h4-9,12-14H,10-11,15H2,1-3H3. The zero-order chi connectivity index (χ0) is 21.1. The number of pyridine rings is 3. The maximum Gasteiger partial charge on any atom is 0.140 e. The molecule has 8 heteroatoms. The van der Waals surface area contributed by atoms with Gasteiger partial charge in [0.1, 0.15) is 17.0 Å². The van der Waals surface area contributed by atoms with Gasteiger partial charge in [-0.1, -0.05) is 25.7 Å². The van der Waals surface area contributed by atoms with Gasteiger partial charge in [0.25, 0.3) is 0 Å². The van der Waals surface area contributed by atoms with Crippen LogP contribution < -0.4 is 0 Å². The number of ether oxygens (including phenoxy) is 1. The van der Waals surface area contributed by atoms with Crippen LogP contribution in [-0.2, 0) is 11.5 Å². The second kappa shape index (κ2) is 8.75. The zero-order valence-electron chi connectivity index (χ0n) is 17.3. The Kier molecular flexibility index (Phi) is 6.08. The first-order valence-electron chi connectivity index (χ1n) is 9.88. The lowest BCUT2D eigenvalue weighted by atomic mass is 10.1. The van der Waals surface area contributed by atoms with Gasteiger partial charge >= 0.3 is 0 Å². The highest BCUT2D eigenvalue weighted by atomic mass is 79.9. The topological polar surface area (TPSA) is 65.7 Å². The van der Waals surface area contributed by atoms with E-state index >= 15 is 0 Å². The summed E-state index contributed by atoms with van der Waals surface area (Å²) in [6, 6.07) is 12.9. The highest BCUT2D eigenvalue weighted by Gasteiger charge is 2.17. The van der Waals surface area contributed by atoms with Crippen molar-refractivity contribution in [2.75, 3.05) is 6.61 Å². The molecule has 0 aliphatic heterocycles. The largest absolute Gasteiger partial charge is 0.360 e. The minimum Gasteiger partial charge on any atom is -0.360 e. The maximum atomic E-state index is 5.96. The average molecular weight is 482 g/mol. The van der Waals surface area contributed by atoms with Gasteiger partial charge in [-0.3, -0.25) is 9.97 Å². The molecular formula is C22H24BrN5OSi. The van der Waals surface area contributed by atoms with Crippen molar-refractivity contribution in [1.82, 2.24) is 24.7 Å². The summed E-state index contributed by atoms with van der Waals surface area (Å²) in [5.74, 6) is 0. The van der Waals surface area contributed by atoms with E-state index in [-0.39, 0.29) is 0 Å². The van der Waals surface area contributed by atoms with Crippen molar-refractivity contribution in [3.63, 3.8) is 0 Å². The Bertz CT molecular complexity index is 1160. The van der Waals surface area contributed by atoms with E-state index in [0.717, 1.165) is 50.8 Å². The molecule has 0 saturated heterocycles. The Labute approximate surface area is 185 Å².